The number of methoxy groups -OCH3 is 1. The van der Waals surface area contributed by atoms with Gasteiger partial charge in [0.2, 0.25) is 5.91 Å². The number of rotatable bonds is 5. The van der Waals surface area contributed by atoms with Crippen molar-refractivity contribution in [2.75, 3.05) is 25.5 Å². The van der Waals surface area contributed by atoms with Gasteiger partial charge in [0.05, 0.1) is 23.7 Å². The van der Waals surface area contributed by atoms with Crippen molar-refractivity contribution in [3.63, 3.8) is 0 Å². The van der Waals surface area contributed by atoms with E-state index in [4.69, 9.17) is 16.3 Å². The molecule has 9 heteroatoms. The molecular formula is C22H22ClN5O3. The largest absolute Gasteiger partial charge is 0.495 e. The van der Waals surface area contributed by atoms with Crippen LogP contribution in [0.3, 0.4) is 0 Å². The molecule has 1 atom stereocenters. The molecule has 0 saturated carbocycles. The lowest BCUT2D eigenvalue weighted by atomic mass is 9.96. The predicted molar refractivity (Wildman–Crippen MR) is 117 cm³/mol. The zero-order valence-corrected chi connectivity index (χ0v) is 17.7. The number of carbonyl (C=O) groups is 2. The summed E-state index contributed by atoms with van der Waals surface area (Å²) in [7, 11) is 1.53. The molecule has 2 N–H and O–H groups in total. The molecule has 1 saturated heterocycles. The van der Waals surface area contributed by atoms with Gasteiger partial charge in [0.25, 0.3) is 5.91 Å². The minimum atomic E-state index is -0.306. The Kier molecular flexibility index (Phi) is 6.18. The van der Waals surface area contributed by atoms with E-state index in [9.17, 15) is 9.59 Å². The summed E-state index contributed by atoms with van der Waals surface area (Å²) in [4.78, 5) is 31.5. The van der Waals surface area contributed by atoms with Crippen LogP contribution in [-0.2, 0) is 4.79 Å². The fourth-order valence-electron chi connectivity index (χ4n) is 3.63. The van der Waals surface area contributed by atoms with E-state index in [2.05, 4.69) is 20.5 Å². The third-order valence-electron chi connectivity index (χ3n) is 5.26. The first kappa shape index (κ1) is 20.9. The van der Waals surface area contributed by atoms with E-state index in [1.54, 1.807) is 41.6 Å². The summed E-state index contributed by atoms with van der Waals surface area (Å²) in [5.41, 5.74) is 2.46. The number of amides is 2. The van der Waals surface area contributed by atoms with E-state index < -0.39 is 0 Å². The molecule has 0 aliphatic carbocycles. The standard InChI is InChI=1S/C22H22ClN5O3/c1-31-20-7-6-16(10-17(20)23)25-21(29)15-5-3-9-28(13-15)22(30)19-11-18(26-27-19)14-4-2-8-24-12-14/h2,4,6-8,10-12,15H,3,5,9,13H2,1H3,(H,25,29)(H,26,27)/t15-/m1/s1. The highest BCUT2D eigenvalue weighted by molar-refractivity contribution is 6.32. The molecule has 3 heterocycles. The molecular weight excluding hydrogens is 418 g/mol. The third kappa shape index (κ3) is 4.69. The Hall–Kier alpha value is -3.39. The Balaban J connectivity index is 1.41. The quantitative estimate of drug-likeness (QED) is 0.632. The fourth-order valence-corrected chi connectivity index (χ4v) is 3.89. The highest BCUT2D eigenvalue weighted by Gasteiger charge is 2.30. The van der Waals surface area contributed by atoms with Crippen LogP contribution in [0.15, 0.2) is 48.8 Å². The van der Waals surface area contributed by atoms with Crippen molar-refractivity contribution < 1.29 is 14.3 Å². The van der Waals surface area contributed by atoms with Crippen LogP contribution in [0.1, 0.15) is 23.3 Å². The Morgan fingerprint density at radius 3 is 2.90 bits per heavy atom. The van der Waals surface area contributed by atoms with Crippen molar-refractivity contribution in [1.82, 2.24) is 20.1 Å². The molecule has 0 bridgehead atoms. The van der Waals surface area contributed by atoms with E-state index in [1.165, 1.54) is 7.11 Å². The van der Waals surface area contributed by atoms with Crippen molar-refractivity contribution in [3.8, 4) is 17.0 Å². The van der Waals surface area contributed by atoms with E-state index in [0.29, 0.717) is 47.4 Å². The summed E-state index contributed by atoms with van der Waals surface area (Å²) in [5, 5.41) is 10.3. The second-order valence-electron chi connectivity index (χ2n) is 7.34. The van der Waals surface area contributed by atoms with Crippen LogP contribution in [0.4, 0.5) is 5.69 Å². The second-order valence-corrected chi connectivity index (χ2v) is 7.74. The van der Waals surface area contributed by atoms with Crippen molar-refractivity contribution >= 4 is 29.1 Å². The molecule has 1 aliphatic rings. The molecule has 0 unspecified atom stereocenters. The van der Waals surface area contributed by atoms with Gasteiger partial charge in [0, 0.05) is 36.7 Å². The van der Waals surface area contributed by atoms with Crippen molar-refractivity contribution in [1.29, 1.82) is 0 Å². The lowest BCUT2D eigenvalue weighted by molar-refractivity contribution is -0.121. The number of aromatic nitrogens is 3. The van der Waals surface area contributed by atoms with Crippen LogP contribution in [0.25, 0.3) is 11.3 Å². The lowest BCUT2D eigenvalue weighted by Crippen LogP contribution is -2.43. The first-order chi connectivity index (χ1) is 15.0. The van der Waals surface area contributed by atoms with Gasteiger partial charge >= 0.3 is 0 Å². The molecule has 2 aromatic heterocycles. The zero-order valence-electron chi connectivity index (χ0n) is 17.0. The summed E-state index contributed by atoms with van der Waals surface area (Å²) in [5.74, 6) is -0.0781. The van der Waals surface area contributed by atoms with Gasteiger partial charge < -0.3 is 15.0 Å². The Morgan fingerprint density at radius 1 is 1.29 bits per heavy atom. The third-order valence-corrected chi connectivity index (χ3v) is 5.56. The number of likely N-dealkylation sites (tertiary alicyclic amines) is 1. The number of piperidine rings is 1. The highest BCUT2D eigenvalue weighted by Crippen LogP contribution is 2.28. The molecule has 31 heavy (non-hydrogen) atoms. The summed E-state index contributed by atoms with van der Waals surface area (Å²) in [6, 6.07) is 10.5. The van der Waals surface area contributed by atoms with Crippen LogP contribution in [-0.4, -0.2) is 52.1 Å². The van der Waals surface area contributed by atoms with Gasteiger partial charge in [-0.05, 0) is 49.2 Å². The highest BCUT2D eigenvalue weighted by atomic mass is 35.5. The smallest absolute Gasteiger partial charge is 0.271 e. The van der Waals surface area contributed by atoms with Crippen molar-refractivity contribution in [2.24, 2.45) is 5.92 Å². The Labute approximate surface area is 184 Å². The SMILES string of the molecule is COc1ccc(NC(=O)[C@@H]2CCCN(C(=O)c3cc(-c4cccnc4)n[nH]3)C2)cc1Cl. The van der Waals surface area contributed by atoms with Gasteiger partial charge in [-0.25, -0.2) is 0 Å². The number of hydrogen-bond acceptors (Lipinski definition) is 5. The first-order valence-electron chi connectivity index (χ1n) is 9.94. The minimum absolute atomic E-state index is 0.139. The second kappa shape index (κ2) is 9.18. The number of anilines is 1. The number of aromatic amines is 1. The van der Waals surface area contributed by atoms with Gasteiger partial charge in [0.15, 0.2) is 0 Å². The van der Waals surface area contributed by atoms with Crippen molar-refractivity contribution in [2.45, 2.75) is 12.8 Å². The maximum atomic E-state index is 13.0. The number of nitrogens with one attached hydrogen (secondary N) is 2. The molecule has 1 aromatic carbocycles. The average molecular weight is 440 g/mol. The normalized spacial score (nSPS) is 16.1. The molecule has 3 aromatic rings. The topological polar surface area (TPSA) is 100 Å². The maximum absolute atomic E-state index is 13.0. The number of nitrogens with zero attached hydrogens (tertiary/aromatic N) is 3. The number of hydrogen-bond donors (Lipinski definition) is 2. The Bertz CT molecular complexity index is 1090. The first-order valence-corrected chi connectivity index (χ1v) is 10.3. The van der Waals surface area contributed by atoms with Gasteiger partial charge in [-0.2, -0.15) is 5.10 Å². The Morgan fingerprint density at radius 2 is 2.16 bits per heavy atom. The molecule has 4 rings (SSSR count). The molecule has 0 spiro atoms. The van der Waals surface area contributed by atoms with Gasteiger partial charge in [-0.3, -0.25) is 19.7 Å². The number of halogens is 1. The van der Waals surface area contributed by atoms with Gasteiger partial charge in [-0.15, -0.1) is 0 Å². The zero-order chi connectivity index (χ0) is 21.8. The van der Waals surface area contributed by atoms with Crippen LogP contribution < -0.4 is 10.1 Å². The number of benzene rings is 1. The molecule has 160 valence electrons. The van der Waals surface area contributed by atoms with Crippen molar-refractivity contribution in [3.05, 3.63) is 59.5 Å². The number of pyridine rings is 1. The molecule has 0 radical (unpaired) electrons. The number of ether oxygens (including phenoxy) is 1. The van der Waals surface area contributed by atoms with Crippen LogP contribution >= 0.6 is 11.6 Å². The van der Waals surface area contributed by atoms with E-state index in [0.717, 1.165) is 12.0 Å². The monoisotopic (exact) mass is 439 g/mol. The molecule has 2 amide bonds. The summed E-state index contributed by atoms with van der Waals surface area (Å²) < 4.78 is 5.13. The predicted octanol–water partition coefficient (Wildman–Crippen LogP) is 3.62. The average Bonchev–Trinajstić information content (AvgIpc) is 3.30. The van der Waals surface area contributed by atoms with E-state index in [1.807, 2.05) is 12.1 Å². The maximum Gasteiger partial charge on any atom is 0.271 e. The van der Waals surface area contributed by atoms with E-state index >= 15 is 0 Å². The summed E-state index contributed by atoms with van der Waals surface area (Å²) >= 11 is 6.14. The fraction of sp³-hybridized carbons (Fsp3) is 0.273. The minimum Gasteiger partial charge on any atom is -0.495 e. The molecule has 1 aliphatic heterocycles. The molecule has 8 nitrogen and oxygen atoms in total. The van der Waals surface area contributed by atoms with E-state index in [-0.39, 0.29) is 17.7 Å². The summed E-state index contributed by atoms with van der Waals surface area (Å²) in [6.45, 7) is 0.939. The van der Waals surface area contributed by atoms with Gasteiger partial charge in [-0.1, -0.05) is 11.6 Å². The lowest BCUT2D eigenvalue weighted by Gasteiger charge is -2.31. The molecule has 1 fully saturated rings. The number of H-pyrrole nitrogens is 1. The van der Waals surface area contributed by atoms with Crippen LogP contribution in [0.2, 0.25) is 5.02 Å². The van der Waals surface area contributed by atoms with Gasteiger partial charge in [0.1, 0.15) is 11.4 Å². The summed E-state index contributed by atoms with van der Waals surface area (Å²) in [6.07, 6.45) is 4.83. The van der Waals surface area contributed by atoms with Crippen LogP contribution in [0.5, 0.6) is 5.75 Å². The number of carbonyl (C=O) groups excluding carboxylic acids is 2. The van der Waals surface area contributed by atoms with Crippen LogP contribution in [0, 0.1) is 5.92 Å².